The molecule has 14 heavy (non-hydrogen) atoms. The molecule has 0 N–H and O–H groups in total. The second kappa shape index (κ2) is 5.69. The molecule has 1 rings (SSSR count). The Morgan fingerprint density at radius 2 is 1.79 bits per heavy atom. The summed E-state index contributed by atoms with van der Waals surface area (Å²) in [7, 11) is 0. The van der Waals surface area contributed by atoms with Gasteiger partial charge in [-0.2, -0.15) is 0 Å². The van der Waals surface area contributed by atoms with Crippen molar-refractivity contribution in [2.24, 2.45) is 0 Å². The molecule has 0 fully saturated rings. The summed E-state index contributed by atoms with van der Waals surface area (Å²) in [6, 6.07) is 9.57. The van der Waals surface area contributed by atoms with Crippen LogP contribution in [0.4, 0.5) is 0 Å². The van der Waals surface area contributed by atoms with Gasteiger partial charge in [-0.15, -0.1) is 0 Å². The van der Waals surface area contributed by atoms with Gasteiger partial charge in [-0.3, -0.25) is 4.79 Å². The maximum absolute atomic E-state index is 10.9. The van der Waals surface area contributed by atoms with Gasteiger partial charge in [0.05, 0.1) is 1.59 Å². The van der Waals surface area contributed by atoms with Crippen LogP contribution in [0.5, 0.6) is 0 Å². The highest BCUT2D eigenvalue weighted by molar-refractivity contribution is 14.2. The lowest BCUT2D eigenvalue weighted by Crippen LogP contribution is -1.98. The van der Waals surface area contributed by atoms with Crippen molar-refractivity contribution < 1.29 is 9.53 Å². The Bertz CT molecular complexity index is 354. The molecule has 0 aliphatic carbocycles. The number of hydrogen-bond donors (Lipinski definition) is 0. The summed E-state index contributed by atoms with van der Waals surface area (Å²) >= 11 is 4.26. The van der Waals surface area contributed by atoms with Crippen molar-refractivity contribution in [2.45, 2.75) is 6.92 Å². The predicted octanol–water partition coefficient (Wildman–Crippen LogP) is 3.75. The lowest BCUT2D eigenvalue weighted by atomic mass is 10.2. The van der Waals surface area contributed by atoms with E-state index in [1.807, 2.05) is 30.3 Å². The Hall–Kier alpha value is -0.110. The monoisotopic (exact) mass is 414 g/mol. The van der Waals surface area contributed by atoms with Crippen LogP contribution in [0.25, 0.3) is 5.76 Å². The molecule has 1 aromatic carbocycles. The number of hydrogen-bond acceptors (Lipinski definition) is 2. The van der Waals surface area contributed by atoms with Gasteiger partial charge in [0, 0.05) is 12.5 Å². The van der Waals surface area contributed by atoms with Crippen LogP contribution in [0, 0.1) is 0 Å². The summed E-state index contributed by atoms with van der Waals surface area (Å²) in [6.45, 7) is 1.40. The van der Waals surface area contributed by atoms with E-state index in [1.54, 1.807) is 0 Å². The van der Waals surface area contributed by atoms with Crippen LogP contribution in [0.3, 0.4) is 0 Å². The van der Waals surface area contributed by atoms with Gasteiger partial charge in [-0.05, 0) is 45.2 Å². The second-order valence-electron chi connectivity index (χ2n) is 2.55. The molecule has 0 unspecified atom stereocenters. The van der Waals surface area contributed by atoms with Crippen LogP contribution in [0.1, 0.15) is 12.5 Å². The number of carbonyl (C=O) groups is 1. The maximum Gasteiger partial charge on any atom is 0.308 e. The van der Waals surface area contributed by atoms with Crippen LogP contribution < -0.4 is 0 Å². The molecule has 74 valence electrons. The van der Waals surface area contributed by atoms with E-state index in [-0.39, 0.29) is 5.97 Å². The van der Waals surface area contributed by atoms with Crippen molar-refractivity contribution in [1.29, 1.82) is 0 Å². The van der Waals surface area contributed by atoms with E-state index in [4.69, 9.17) is 4.74 Å². The van der Waals surface area contributed by atoms with Gasteiger partial charge < -0.3 is 4.74 Å². The molecule has 2 nitrogen and oxygen atoms in total. The molecular formula is C10H8I2O2. The number of carbonyl (C=O) groups excluding carboxylic acids is 1. The highest BCUT2D eigenvalue weighted by atomic mass is 127. The molecule has 0 bridgehead atoms. The molecule has 0 amide bonds. The summed E-state index contributed by atoms with van der Waals surface area (Å²) in [4.78, 5) is 10.9. The fraction of sp³-hybridized carbons (Fsp3) is 0.100. The minimum absolute atomic E-state index is 0.297. The van der Waals surface area contributed by atoms with Crippen molar-refractivity contribution in [3.8, 4) is 0 Å². The molecule has 0 radical (unpaired) electrons. The zero-order valence-electron chi connectivity index (χ0n) is 7.46. The minimum atomic E-state index is -0.297. The third-order valence-corrected chi connectivity index (χ3v) is 2.43. The number of ether oxygens (including phenoxy) is 1. The van der Waals surface area contributed by atoms with Crippen molar-refractivity contribution in [3.63, 3.8) is 0 Å². The summed E-state index contributed by atoms with van der Waals surface area (Å²) < 4.78 is 6.06. The van der Waals surface area contributed by atoms with Crippen molar-refractivity contribution in [2.75, 3.05) is 0 Å². The summed E-state index contributed by atoms with van der Waals surface area (Å²) in [5.74, 6) is 0.328. The SMILES string of the molecule is CC(=O)OC(=C(I)I)c1ccccc1. The van der Waals surface area contributed by atoms with Crippen molar-refractivity contribution in [3.05, 3.63) is 37.5 Å². The molecule has 0 aliphatic heterocycles. The number of halogens is 2. The molecule has 0 heterocycles. The Kier molecular flexibility index (Phi) is 4.86. The summed E-state index contributed by atoms with van der Waals surface area (Å²) in [5.41, 5.74) is 0.918. The lowest BCUT2D eigenvalue weighted by molar-refractivity contribution is -0.134. The zero-order chi connectivity index (χ0) is 10.6. The molecule has 0 saturated carbocycles. The fourth-order valence-corrected chi connectivity index (χ4v) is 1.78. The van der Waals surface area contributed by atoms with E-state index in [9.17, 15) is 4.79 Å². The largest absolute Gasteiger partial charge is 0.424 e. The molecule has 0 aliphatic rings. The lowest BCUT2D eigenvalue weighted by Gasteiger charge is -2.07. The molecule has 0 spiro atoms. The first-order chi connectivity index (χ1) is 6.61. The third kappa shape index (κ3) is 3.56. The Labute approximate surface area is 110 Å². The predicted molar refractivity (Wildman–Crippen MR) is 73.2 cm³/mol. The third-order valence-electron chi connectivity index (χ3n) is 1.45. The molecule has 0 atom stereocenters. The number of benzene rings is 1. The number of rotatable bonds is 2. The fourth-order valence-electron chi connectivity index (χ4n) is 0.940. The minimum Gasteiger partial charge on any atom is -0.424 e. The quantitative estimate of drug-likeness (QED) is 0.419. The van der Waals surface area contributed by atoms with E-state index in [1.165, 1.54) is 6.92 Å². The van der Waals surface area contributed by atoms with Crippen LogP contribution in [0.2, 0.25) is 0 Å². The van der Waals surface area contributed by atoms with Crippen LogP contribution in [-0.4, -0.2) is 5.97 Å². The normalized spacial score (nSPS) is 9.36. The van der Waals surface area contributed by atoms with Gasteiger partial charge in [0.15, 0.2) is 5.76 Å². The van der Waals surface area contributed by atoms with Crippen LogP contribution >= 0.6 is 45.2 Å². The average Bonchev–Trinajstić information content (AvgIpc) is 2.15. The number of esters is 1. The highest BCUT2D eigenvalue weighted by Gasteiger charge is 2.08. The van der Waals surface area contributed by atoms with Gasteiger partial charge in [0.1, 0.15) is 0 Å². The van der Waals surface area contributed by atoms with Crippen molar-refractivity contribution in [1.82, 2.24) is 0 Å². The molecule has 1 aromatic rings. The van der Waals surface area contributed by atoms with E-state index in [0.717, 1.165) is 7.15 Å². The average molecular weight is 414 g/mol. The first-order valence-electron chi connectivity index (χ1n) is 3.90. The first kappa shape index (κ1) is 12.0. The van der Waals surface area contributed by atoms with Crippen molar-refractivity contribution >= 4 is 56.9 Å². The second-order valence-corrected chi connectivity index (χ2v) is 6.77. The van der Waals surface area contributed by atoms with E-state index in [2.05, 4.69) is 45.2 Å². The first-order valence-corrected chi connectivity index (χ1v) is 6.06. The standard InChI is InChI=1S/C10H8I2O2/c1-7(13)14-9(10(11)12)8-5-3-2-4-6-8/h2-6H,1H3. The zero-order valence-corrected chi connectivity index (χ0v) is 11.8. The molecular weight excluding hydrogens is 406 g/mol. The van der Waals surface area contributed by atoms with Crippen LogP contribution in [0.15, 0.2) is 31.9 Å². The Morgan fingerprint density at radius 3 is 2.21 bits per heavy atom. The van der Waals surface area contributed by atoms with Gasteiger partial charge >= 0.3 is 5.97 Å². The molecule has 4 heteroatoms. The smallest absolute Gasteiger partial charge is 0.308 e. The van der Waals surface area contributed by atoms with E-state index >= 15 is 0 Å². The van der Waals surface area contributed by atoms with Gasteiger partial charge in [0.25, 0.3) is 0 Å². The van der Waals surface area contributed by atoms with Gasteiger partial charge in [-0.25, -0.2) is 0 Å². The maximum atomic E-state index is 10.9. The summed E-state index contributed by atoms with van der Waals surface area (Å²) in [6.07, 6.45) is 0. The van der Waals surface area contributed by atoms with E-state index < -0.39 is 0 Å². The topological polar surface area (TPSA) is 26.3 Å². The Morgan fingerprint density at radius 1 is 1.21 bits per heavy atom. The van der Waals surface area contributed by atoms with Gasteiger partial charge in [-0.1, -0.05) is 30.3 Å². The van der Waals surface area contributed by atoms with Crippen LogP contribution in [-0.2, 0) is 9.53 Å². The highest BCUT2D eigenvalue weighted by Crippen LogP contribution is 2.29. The van der Waals surface area contributed by atoms with Gasteiger partial charge in [0.2, 0.25) is 0 Å². The molecule has 0 saturated heterocycles. The molecule has 0 aromatic heterocycles. The summed E-state index contributed by atoms with van der Waals surface area (Å²) in [5, 5.41) is 0. The Balaban J connectivity index is 3.03. The van der Waals surface area contributed by atoms with E-state index in [0.29, 0.717) is 5.76 Å².